The molecule has 3 nitrogen and oxygen atoms in total. The van der Waals surface area contributed by atoms with Crippen molar-refractivity contribution in [3.8, 4) is 0 Å². The molecule has 2 aromatic rings. The SMILES string of the molecule is Cc1ccc(Br)cc1C(=O)Nc1ccc(C(N)=S)cc1Cl. The van der Waals surface area contributed by atoms with Crippen molar-refractivity contribution in [2.75, 3.05) is 5.32 Å². The van der Waals surface area contributed by atoms with Crippen molar-refractivity contribution in [2.24, 2.45) is 5.73 Å². The molecule has 0 radical (unpaired) electrons. The smallest absolute Gasteiger partial charge is 0.256 e. The maximum Gasteiger partial charge on any atom is 0.256 e. The number of aryl methyl sites for hydroxylation is 1. The summed E-state index contributed by atoms with van der Waals surface area (Å²) in [5.74, 6) is -0.223. The molecule has 0 spiro atoms. The molecule has 3 N–H and O–H groups in total. The molecule has 0 aromatic heterocycles. The van der Waals surface area contributed by atoms with E-state index in [0.29, 0.717) is 21.8 Å². The van der Waals surface area contributed by atoms with Crippen LogP contribution in [0.5, 0.6) is 0 Å². The van der Waals surface area contributed by atoms with E-state index in [1.54, 1.807) is 24.3 Å². The fourth-order valence-corrected chi connectivity index (χ4v) is 2.51. The highest BCUT2D eigenvalue weighted by molar-refractivity contribution is 9.10. The van der Waals surface area contributed by atoms with E-state index in [9.17, 15) is 4.79 Å². The van der Waals surface area contributed by atoms with E-state index in [4.69, 9.17) is 29.6 Å². The van der Waals surface area contributed by atoms with Gasteiger partial charge in [0.25, 0.3) is 5.91 Å². The van der Waals surface area contributed by atoms with E-state index in [0.717, 1.165) is 10.0 Å². The fourth-order valence-electron chi connectivity index (χ4n) is 1.80. The van der Waals surface area contributed by atoms with Crippen molar-refractivity contribution in [3.05, 3.63) is 62.6 Å². The van der Waals surface area contributed by atoms with E-state index >= 15 is 0 Å². The van der Waals surface area contributed by atoms with Gasteiger partial charge in [-0.25, -0.2) is 0 Å². The molecule has 0 heterocycles. The summed E-state index contributed by atoms with van der Waals surface area (Å²) < 4.78 is 0.841. The number of rotatable bonds is 3. The molecule has 0 saturated heterocycles. The van der Waals surface area contributed by atoms with Gasteiger partial charge in [0.1, 0.15) is 4.99 Å². The van der Waals surface area contributed by atoms with Crippen molar-refractivity contribution < 1.29 is 4.79 Å². The van der Waals surface area contributed by atoms with E-state index in [-0.39, 0.29) is 10.9 Å². The second-order valence-corrected chi connectivity index (χ2v) is 6.23. The Morgan fingerprint density at radius 2 is 2.00 bits per heavy atom. The molecule has 0 saturated carbocycles. The number of halogens is 2. The summed E-state index contributed by atoms with van der Waals surface area (Å²) in [6, 6.07) is 10.6. The van der Waals surface area contributed by atoms with E-state index < -0.39 is 0 Å². The van der Waals surface area contributed by atoms with Gasteiger partial charge in [-0.3, -0.25) is 4.79 Å². The maximum atomic E-state index is 12.3. The van der Waals surface area contributed by atoms with Gasteiger partial charge < -0.3 is 11.1 Å². The molecular weight excluding hydrogens is 372 g/mol. The van der Waals surface area contributed by atoms with Crippen LogP contribution in [0.1, 0.15) is 21.5 Å². The maximum absolute atomic E-state index is 12.3. The number of thiocarbonyl (C=S) groups is 1. The Morgan fingerprint density at radius 1 is 1.29 bits per heavy atom. The standard InChI is InChI=1S/C15H12BrClN2OS/c1-8-2-4-10(16)7-11(8)15(20)19-13-5-3-9(14(18)21)6-12(13)17/h2-7H,1H3,(H2,18,21)(H,19,20). The number of carbonyl (C=O) groups excluding carboxylic acids is 1. The zero-order chi connectivity index (χ0) is 15.6. The Labute approximate surface area is 141 Å². The lowest BCUT2D eigenvalue weighted by Crippen LogP contribution is -2.14. The van der Waals surface area contributed by atoms with Crippen LogP contribution in [0.25, 0.3) is 0 Å². The first-order valence-corrected chi connectivity index (χ1v) is 7.63. The zero-order valence-electron chi connectivity index (χ0n) is 11.1. The molecule has 108 valence electrons. The Bertz CT molecular complexity index is 734. The minimum Gasteiger partial charge on any atom is -0.389 e. The predicted molar refractivity (Wildman–Crippen MR) is 94.2 cm³/mol. The molecular formula is C15H12BrClN2OS. The van der Waals surface area contributed by atoms with Gasteiger partial charge in [-0.15, -0.1) is 0 Å². The van der Waals surface area contributed by atoms with Crippen LogP contribution in [0, 0.1) is 6.92 Å². The lowest BCUT2D eigenvalue weighted by molar-refractivity contribution is 0.102. The lowest BCUT2D eigenvalue weighted by Gasteiger charge is -2.10. The number of hydrogen-bond donors (Lipinski definition) is 2. The number of benzene rings is 2. The Morgan fingerprint density at radius 3 is 2.62 bits per heavy atom. The summed E-state index contributed by atoms with van der Waals surface area (Å²) in [6.45, 7) is 1.87. The van der Waals surface area contributed by atoms with Crippen LogP contribution >= 0.6 is 39.7 Å². The van der Waals surface area contributed by atoms with Crippen molar-refractivity contribution in [2.45, 2.75) is 6.92 Å². The molecule has 0 fully saturated rings. The number of hydrogen-bond acceptors (Lipinski definition) is 2. The first-order chi connectivity index (χ1) is 9.88. The Balaban J connectivity index is 2.27. The number of anilines is 1. The third-order valence-corrected chi connectivity index (χ3v) is 3.99. The molecule has 1 amide bonds. The van der Waals surface area contributed by atoms with Gasteiger partial charge in [0.05, 0.1) is 10.7 Å². The predicted octanol–water partition coefficient (Wildman–Crippen LogP) is 4.30. The normalized spacial score (nSPS) is 10.2. The first kappa shape index (κ1) is 15.9. The molecule has 21 heavy (non-hydrogen) atoms. The Hall–Kier alpha value is -1.43. The van der Waals surface area contributed by atoms with Crippen LogP contribution in [-0.2, 0) is 0 Å². The van der Waals surface area contributed by atoms with Crippen molar-refractivity contribution in [3.63, 3.8) is 0 Å². The lowest BCUT2D eigenvalue weighted by atomic mass is 10.1. The van der Waals surface area contributed by atoms with E-state index in [1.165, 1.54) is 0 Å². The second kappa shape index (κ2) is 6.56. The second-order valence-electron chi connectivity index (χ2n) is 4.47. The molecule has 0 bridgehead atoms. The fraction of sp³-hybridized carbons (Fsp3) is 0.0667. The van der Waals surface area contributed by atoms with Crippen LogP contribution in [0.3, 0.4) is 0 Å². The molecule has 0 aliphatic carbocycles. The molecule has 6 heteroatoms. The highest BCUT2D eigenvalue weighted by Crippen LogP contribution is 2.24. The largest absolute Gasteiger partial charge is 0.389 e. The number of nitrogens with two attached hydrogens (primary N) is 1. The first-order valence-electron chi connectivity index (χ1n) is 6.05. The number of amides is 1. The molecule has 0 atom stereocenters. The minimum atomic E-state index is -0.223. The average Bonchev–Trinajstić information content (AvgIpc) is 2.43. The summed E-state index contributed by atoms with van der Waals surface area (Å²) >= 11 is 14.4. The van der Waals surface area contributed by atoms with Gasteiger partial charge >= 0.3 is 0 Å². The average molecular weight is 384 g/mol. The van der Waals surface area contributed by atoms with Gasteiger partial charge in [0.2, 0.25) is 0 Å². The quantitative estimate of drug-likeness (QED) is 0.777. The molecule has 0 unspecified atom stereocenters. The van der Waals surface area contributed by atoms with Gasteiger partial charge in [0, 0.05) is 15.6 Å². The van der Waals surface area contributed by atoms with Crippen LogP contribution in [0.4, 0.5) is 5.69 Å². The molecule has 0 aliphatic heterocycles. The van der Waals surface area contributed by atoms with Crippen molar-refractivity contribution in [1.29, 1.82) is 0 Å². The summed E-state index contributed by atoms with van der Waals surface area (Å²) in [7, 11) is 0. The summed E-state index contributed by atoms with van der Waals surface area (Å²) in [4.78, 5) is 12.6. The molecule has 2 rings (SSSR count). The van der Waals surface area contributed by atoms with Crippen LogP contribution < -0.4 is 11.1 Å². The summed E-state index contributed by atoms with van der Waals surface area (Å²) in [5, 5.41) is 3.17. The van der Waals surface area contributed by atoms with Crippen LogP contribution in [0.15, 0.2) is 40.9 Å². The van der Waals surface area contributed by atoms with Gasteiger partial charge in [-0.1, -0.05) is 45.8 Å². The number of nitrogens with one attached hydrogen (secondary N) is 1. The van der Waals surface area contributed by atoms with Crippen molar-refractivity contribution in [1.82, 2.24) is 0 Å². The van der Waals surface area contributed by atoms with E-state index in [2.05, 4.69) is 21.2 Å². The zero-order valence-corrected chi connectivity index (χ0v) is 14.3. The Kier molecular flexibility index (Phi) is 4.98. The monoisotopic (exact) mass is 382 g/mol. The minimum absolute atomic E-state index is 0.223. The van der Waals surface area contributed by atoms with E-state index in [1.807, 2.05) is 19.1 Å². The van der Waals surface area contributed by atoms with Crippen LogP contribution in [0.2, 0.25) is 5.02 Å². The van der Waals surface area contributed by atoms with Gasteiger partial charge in [0.15, 0.2) is 0 Å². The van der Waals surface area contributed by atoms with Gasteiger partial charge in [-0.2, -0.15) is 0 Å². The number of carbonyl (C=O) groups is 1. The molecule has 0 aliphatic rings. The highest BCUT2D eigenvalue weighted by Gasteiger charge is 2.12. The van der Waals surface area contributed by atoms with Crippen LogP contribution in [-0.4, -0.2) is 10.9 Å². The summed E-state index contributed by atoms with van der Waals surface area (Å²) in [5.41, 5.74) is 8.18. The third-order valence-electron chi connectivity index (χ3n) is 2.95. The third kappa shape index (κ3) is 3.81. The van der Waals surface area contributed by atoms with Gasteiger partial charge in [-0.05, 0) is 42.8 Å². The topological polar surface area (TPSA) is 55.1 Å². The highest BCUT2D eigenvalue weighted by atomic mass is 79.9. The summed E-state index contributed by atoms with van der Waals surface area (Å²) in [6.07, 6.45) is 0. The molecule has 2 aromatic carbocycles. The van der Waals surface area contributed by atoms with Crippen molar-refractivity contribution >= 4 is 56.3 Å².